The molecular formula is C45H59N3O7. The van der Waals surface area contributed by atoms with Crippen LogP contribution in [0.2, 0.25) is 0 Å². The maximum absolute atomic E-state index is 15.8. The van der Waals surface area contributed by atoms with E-state index in [2.05, 4.69) is 18.8 Å². The highest BCUT2D eigenvalue weighted by atomic mass is 16.4. The van der Waals surface area contributed by atoms with Crippen LogP contribution in [0.15, 0.2) is 76.3 Å². The van der Waals surface area contributed by atoms with Crippen LogP contribution in [-0.2, 0) is 14.4 Å². The lowest BCUT2D eigenvalue weighted by atomic mass is 9.34. The summed E-state index contributed by atoms with van der Waals surface area (Å²) in [6.07, 6.45) is 11.4. The molecule has 296 valence electrons. The Bertz CT molecular complexity index is 1940. The minimum Gasteiger partial charge on any atom is -0.478 e. The number of guanidine groups is 1. The molecule has 8 N–H and O–H groups in total. The molecule has 0 spiro atoms. The molecule has 0 saturated heterocycles. The fourth-order valence-corrected chi connectivity index (χ4v) is 13.4. The van der Waals surface area contributed by atoms with Gasteiger partial charge in [-0.05, 0) is 79.1 Å². The molecule has 3 fully saturated rings. The van der Waals surface area contributed by atoms with Crippen LogP contribution in [0.5, 0.6) is 0 Å². The van der Waals surface area contributed by atoms with Crippen molar-refractivity contribution in [2.75, 3.05) is 6.54 Å². The van der Waals surface area contributed by atoms with Gasteiger partial charge in [0.1, 0.15) is 11.4 Å². The van der Waals surface area contributed by atoms with Crippen LogP contribution >= 0.6 is 0 Å². The summed E-state index contributed by atoms with van der Waals surface area (Å²) in [4.78, 5) is 45.9. The van der Waals surface area contributed by atoms with E-state index in [1.54, 1.807) is 12.2 Å². The van der Waals surface area contributed by atoms with Crippen LogP contribution in [0.1, 0.15) is 92.1 Å². The van der Waals surface area contributed by atoms with Crippen molar-refractivity contribution < 1.29 is 34.8 Å². The number of carbonyl (C=O) groups is 3. The van der Waals surface area contributed by atoms with Gasteiger partial charge >= 0.3 is 5.97 Å². The van der Waals surface area contributed by atoms with E-state index in [0.717, 1.165) is 18.4 Å². The molecule has 55 heavy (non-hydrogen) atoms. The molecule has 6 aliphatic carbocycles. The summed E-state index contributed by atoms with van der Waals surface area (Å²) in [7, 11) is 0. The minimum atomic E-state index is -1.70. The number of nitrogens with two attached hydrogens (primary N) is 2. The number of ketones is 2. The summed E-state index contributed by atoms with van der Waals surface area (Å²) < 4.78 is 0. The third-order valence-corrected chi connectivity index (χ3v) is 16.1. The second-order valence-corrected chi connectivity index (χ2v) is 18.8. The molecule has 0 aromatic heterocycles. The highest BCUT2D eigenvalue weighted by molar-refractivity contribution is 6.03. The standard InChI is InChI=1S/C45H59N3O7/c1-25(38(52)53)22-32(49)28(24-48-39(46)47)27-14-10-11-15-29-35(51)34-37-43(6)42(29,5)31(27)23-44(43,54)20-21-45(37,55)30(17-16-26-12-8-7-9-13-26)36-40(2,3)33(50)18-19-41(34,36)4/h7-9,12-13,16-17,20-22,27-32,36,49,54-55H,10-11,14-15,18-19,23-24H2,1-6H3,(H,52,53)(H4,46,47,48). The quantitative estimate of drug-likeness (QED) is 0.0875. The number of aliphatic imine (C=N–C) groups is 1. The zero-order valence-corrected chi connectivity index (χ0v) is 33.1. The van der Waals surface area contributed by atoms with E-state index in [-0.39, 0.29) is 47.9 Å². The van der Waals surface area contributed by atoms with Crippen LogP contribution in [0.4, 0.5) is 0 Å². The number of aliphatic hydroxyl groups is 3. The van der Waals surface area contributed by atoms with E-state index >= 15 is 4.79 Å². The zero-order chi connectivity index (χ0) is 40.1. The summed E-state index contributed by atoms with van der Waals surface area (Å²) in [5.41, 5.74) is 6.92. The topological polar surface area (TPSA) is 197 Å². The molecule has 0 heterocycles. The number of fused-ring (bicyclic) bond motifs is 2. The van der Waals surface area contributed by atoms with Gasteiger partial charge in [-0.15, -0.1) is 0 Å². The molecule has 1 aromatic carbocycles. The van der Waals surface area contributed by atoms with Crippen molar-refractivity contribution in [3.63, 3.8) is 0 Å². The molecule has 6 aliphatic rings. The second kappa shape index (κ2) is 13.1. The number of allylic oxidation sites excluding steroid dienone is 1. The van der Waals surface area contributed by atoms with Crippen LogP contribution in [0.3, 0.4) is 0 Å². The maximum atomic E-state index is 15.8. The van der Waals surface area contributed by atoms with Crippen molar-refractivity contribution in [1.82, 2.24) is 0 Å². The molecule has 10 nitrogen and oxygen atoms in total. The molecule has 0 bridgehead atoms. The number of benzene rings is 1. The lowest BCUT2D eigenvalue weighted by molar-refractivity contribution is -0.171. The number of rotatable bonds is 8. The molecule has 12 atom stereocenters. The zero-order valence-electron chi connectivity index (χ0n) is 33.1. The van der Waals surface area contributed by atoms with E-state index in [9.17, 15) is 30.0 Å². The Morgan fingerprint density at radius 1 is 1.02 bits per heavy atom. The first-order chi connectivity index (χ1) is 25.7. The Kier molecular flexibility index (Phi) is 9.38. The van der Waals surface area contributed by atoms with Gasteiger partial charge in [0.2, 0.25) is 0 Å². The normalized spacial score (nSPS) is 41.5. The molecule has 0 radical (unpaired) electrons. The molecule has 3 saturated carbocycles. The number of aliphatic hydroxyl groups excluding tert-OH is 1. The van der Waals surface area contributed by atoms with Gasteiger partial charge in [0.05, 0.1) is 11.7 Å². The summed E-state index contributed by atoms with van der Waals surface area (Å²) in [6, 6.07) is 9.84. The Morgan fingerprint density at radius 3 is 2.35 bits per heavy atom. The third-order valence-electron chi connectivity index (χ3n) is 16.1. The Labute approximate surface area is 324 Å². The van der Waals surface area contributed by atoms with Gasteiger partial charge in [-0.1, -0.05) is 96.0 Å². The molecule has 10 heteroatoms. The Hall–Kier alpha value is -3.86. The van der Waals surface area contributed by atoms with Gasteiger partial charge in [0.15, 0.2) is 11.7 Å². The van der Waals surface area contributed by atoms with Gasteiger partial charge < -0.3 is 31.9 Å². The Balaban J connectivity index is 1.49. The largest absolute Gasteiger partial charge is 0.478 e. The number of nitrogens with zero attached hydrogens (tertiary/aromatic N) is 1. The summed E-state index contributed by atoms with van der Waals surface area (Å²) in [5, 5.41) is 48.4. The first kappa shape index (κ1) is 39.4. The monoisotopic (exact) mass is 753 g/mol. The number of aliphatic carboxylic acids is 1. The number of hydrogen-bond donors (Lipinski definition) is 6. The molecule has 7 rings (SSSR count). The minimum absolute atomic E-state index is 0.00746. The predicted molar refractivity (Wildman–Crippen MR) is 211 cm³/mol. The Morgan fingerprint density at radius 2 is 1.69 bits per heavy atom. The molecular weight excluding hydrogens is 695 g/mol. The highest BCUT2D eigenvalue weighted by Crippen LogP contribution is 2.80. The lowest BCUT2D eigenvalue weighted by Crippen LogP contribution is -2.71. The number of carboxylic acids is 1. The van der Waals surface area contributed by atoms with E-state index < -0.39 is 68.6 Å². The predicted octanol–water partition coefficient (Wildman–Crippen LogP) is 5.37. The molecule has 1 aromatic rings. The van der Waals surface area contributed by atoms with Crippen molar-refractivity contribution in [3.05, 3.63) is 76.9 Å². The first-order valence-electron chi connectivity index (χ1n) is 20.1. The first-order valence-corrected chi connectivity index (χ1v) is 20.1. The summed E-state index contributed by atoms with van der Waals surface area (Å²) in [5.74, 6) is -4.03. The van der Waals surface area contributed by atoms with Crippen molar-refractivity contribution in [1.29, 1.82) is 0 Å². The van der Waals surface area contributed by atoms with E-state index in [1.165, 1.54) is 13.0 Å². The van der Waals surface area contributed by atoms with Crippen LogP contribution in [-0.4, -0.2) is 67.8 Å². The number of Topliss-reactive ketones (excluding diaryl/α,β-unsaturated/α-hetero) is 2. The number of carbonyl (C=O) groups excluding carboxylic acids is 2. The number of hydrogen-bond acceptors (Lipinski definition) is 7. The number of carboxylic acid groups (broad SMARTS) is 1. The lowest BCUT2D eigenvalue weighted by Gasteiger charge is -2.69. The summed E-state index contributed by atoms with van der Waals surface area (Å²) in [6.45, 7) is 11.7. The smallest absolute Gasteiger partial charge is 0.331 e. The molecule has 12 unspecified atom stereocenters. The fourth-order valence-electron chi connectivity index (χ4n) is 13.4. The van der Waals surface area contributed by atoms with Crippen LogP contribution < -0.4 is 11.5 Å². The van der Waals surface area contributed by atoms with Gasteiger partial charge in [0.25, 0.3) is 0 Å². The van der Waals surface area contributed by atoms with E-state index in [1.807, 2.05) is 63.3 Å². The van der Waals surface area contributed by atoms with Gasteiger partial charge in [0, 0.05) is 58.1 Å². The highest BCUT2D eigenvalue weighted by Gasteiger charge is 2.80. The van der Waals surface area contributed by atoms with Gasteiger partial charge in [-0.25, -0.2) is 4.79 Å². The van der Waals surface area contributed by atoms with Crippen molar-refractivity contribution in [2.45, 2.75) is 104 Å². The molecule has 0 aliphatic heterocycles. The van der Waals surface area contributed by atoms with E-state index in [0.29, 0.717) is 36.8 Å². The van der Waals surface area contributed by atoms with Crippen molar-refractivity contribution >= 4 is 29.6 Å². The second-order valence-electron chi connectivity index (χ2n) is 18.8. The average molecular weight is 754 g/mol. The van der Waals surface area contributed by atoms with E-state index in [4.69, 9.17) is 11.5 Å². The average Bonchev–Trinajstić information content (AvgIpc) is 3.30. The van der Waals surface area contributed by atoms with Gasteiger partial charge in [-0.3, -0.25) is 14.6 Å². The maximum Gasteiger partial charge on any atom is 0.331 e. The van der Waals surface area contributed by atoms with Crippen LogP contribution in [0.25, 0.3) is 6.08 Å². The van der Waals surface area contributed by atoms with Crippen molar-refractivity contribution in [2.24, 2.45) is 73.6 Å². The molecule has 0 amide bonds. The third kappa shape index (κ3) is 5.37. The fraction of sp³-hybridized carbons (Fsp3) is 0.600. The SMILES string of the molecule is CC(=CC(O)C(CN=C(N)N)C1CCCCC2C(=O)C3=C4C(O)(C=CC5(O)CC1C2(C)C45C)C(C=Cc1ccccc1)C1C(C)(C)C(=O)CCC31C)C(=O)O. The summed E-state index contributed by atoms with van der Waals surface area (Å²) >= 11 is 0. The van der Waals surface area contributed by atoms with Crippen molar-refractivity contribution in [3.8, 4) is 0 Å². The van der Waals surface area contributed by atoms with Gasteiger partial charge in [-0.2, -0.15) is 0 Å². The van der Waals surface area contributed by atoms with Crippen LogP contribution in [0, 0.1) is 57.2 Å².